The van der Waals surface area contributed by atoms with Crippen LogP contribution in [0.2, 0.25) is 0 Å². The first kappa shape index (κ1) is 16.4. The molecule has 0 aromatic rings. The lowest BCUT2D eigenvalue weighted by molar-refractivity contribution is -0.100. The van der Waals surface area contributed by atoms with E-state index in [4.69, 9.17) is 0 Å². The van der Waals surface area contributed by atoms with E-state index >= 15 is 0 Å². The third-order valence-corrected chi connectivity index (χ3v) is 8.91. The molecule has 4 saturated carbocycles. The third-order valence-electron chi connectivity index (χ3n) is 8.91. The van der Waals surface area contributed by atoms with Crippen LogP contribution in [0.1, 0.15) is 78.1 Å². The summed E-state index contributed by atoms with van der Waals surface area (Å²) in [7, 11) is 0. The number of aliphatic hydroxyl groups excluding tert-OH is 1. The van der Waals surface area contributed by atoms with Gasteiger partial charge < -0.3 is 10.2 Å². The Balaban J connectivity index is 1.52. The van der Waals surface area contributed by atoms with Gasteiger partial charge in [0.05, 0.1) is 5.60 Å². The predicted molar refractivity (Wildman–Crippen MR) is 92.9 cm³/mol. The summed E-state index contributed by atoms with van der Waals surface area (Å²) >= 11 is 0. The summed E-state index contributed by atoms with van der Waals surface area (Å²) in [6.07, 6.45) is 12.7. The van der Waals surface area contributed by atoms with E-state index in [1.807, 2.05) is 0 Å². The van der Waals surface area contributed by atoms with Gasteiger partial charge in [0.15, 0.2) is 0 Å². The predicted octanol–water partition coefficient (Wildman–Crippen LogP) is 4.39. The van der Waals surface area contributed by atoms with Gasteiger partial charge in [-0.1, -0.05) is 6.92 Å². The molecular weight excluding hydrogens is 284 g/mol. The van der Waals surface area contributed by atoms with Crippen LogP contribution in [0, 0.1) is 40.9 Å². The number of hydrogen-bond acceptors (Lipinski definition) is 2. The highest BCUT2D eigenvalue weighted by Gasteiger charge is 2.57. The maximum atomic E-state index is 10.5. The molecule has 0 bridgehead atoms. The fraction of sp³-hybridized carbons (Fsp3) is 1.00. The van der Waals surface area contributed by atoms with Gasteiger partial charge in [0.1, 0.15) is 0 Å². The summed E-state index contributed by atoms with van der Waals surface area (Å²) in [6, 6.07) is 0. The van der Waals surface area contributed by atoms with E-state index in [-0.39, 0.29) is 0 Å². The van der Waals surface area contributed by atoms with E-state index < -0.39 is 5.60 Å². The maximum absolute atomic E-state index is 10.5. The first-order chi connectivity index (χ1) is 10.9. The first-order valence-corrected chi connectivity index (χ1v) is 10.3. The second-order valence-electron chi connectivity index (χ2n) is 10.0. The molecule has 0 saturated heterocycles. The molecule has 0 spiro atoms. The Morgan fingerprint density at radius 2 is 1.65 bits per heavy atom. The lowest BCUT2D eigenvalue weighted by Gasteiger charge is -2.57. The minimum atomic E-state index is -0.392. The van der Waals surface area contributed by atoms with Crippen LogP contribution < -0.4 is 0 Å². The van der Waals surface area contributed by atoms with Crippen LogP contribution in [0.25, 0.3) is 0 Å². The molecule has 0 amide bonds. The summed E-state index contributed by atoms with van der Waals surface area (Å²) in [6.45, 7) is 4.99. The fourth-order valence-electron chi connectivity index (χ4n) is 7.82. The molecule has 4 aliphatic rings. The third kappa shape index (κ3) is 2.59. The van der Waals surface area contributed by atoms with Crippen molar-refractivity contribution in [3.63, 3.8) is 0 Å². The van der Waals surface area contributed by atoms with E-state index in [0.29, 0.717) is 12.0 Å². The molecule has 4 fully saturated rings. The lowest BCUT2D eigenvalue weighted by atomic mass is 9.49. The van der Waals surface area contributed by atoms with Crippen LogP contribution >= 0.6 is 0 Å². The molecule has 4 rings (SSSR count). The van der Waals surface area contributed by atoms with Crippen molar-refractivity contribution in [3.05, 3.63) is 0 Å². The fourth-order valence-corrected chi connectivity index (χ4v) is 7.82. The second kappa shape index (κ2) is 5.73. The highest BCUT2D eigenvalue weighted by molar-refractivity contribution is 5.06. The molecule has 8 atom stereocenters. The van der Waals surface area contributed by atoms with Crippen molar-refractivity contribution in [3.8, 4) is 0 Å². The number of fused-ring (bicyclic) bond motifs is 5. The Kier molecular flexibility index (Phi) is 4.08. The van der Waals surface area contributed by atoms with Gasteiger partial charge >= 0.3 is 0 Å². The van der Waals surface area contributed by atoms with Crippen molar-refractivity contribution in [1.29, 1.82) is 0 Å². The van der Waals surface area contributed by atoms with E-state index in [9.17, 15) is 10.2 Å². The first-order valence-electron chi connectivity index (χ1n) is 10.3. The van der Waals surface area contributed by atoms with Gasteiger partial charge in [-0.2, -0.15) is 0 Å². The van der Waals surface area contributed by atoms with Gasteiger partial charge in [-0.15, -0.1) is 0 Å². The maximum Gasteiger partial charge on any atom is 0.0622 e. The molecule has 2 heteroatoms. The van der Waals surface area contributed by atoms with Crippen molar-refractivity contribution < 1.29 is 10.2 Å². The summed E-state index contributed by atoms with van der Waals surface area (Å²) in [4.78, 5) is 0. The Bertz CT molecular complexity index is 445. The largest absolute Gasteiger partial charge is 0.396 e. The SMILES string of the molecule is C[C@@]1(O)CC[C@H]2[C@H](CC[C@@H]3[C@@H]2CC[C@]2(C)[C@@H](CCO)CC[C@@H]32)C1. The van der Waals surface area contributed by atoms with Crippen molar-refractivity contribution >= 4 is 0 Å². The molecule has 0 aliphatic heterocycles. The zero-order valence-corrected chi connectivity index (χ0v) is 15.1. The average molecular weight is 321 g/mol. The smallest absolute Gasteiger partial charge is 0.0622 e. The molecule has 4 aliphatic carbocycles. The van der Waals surface area contributed by atoms with E-state index in [1.165, 1.54) is 44.9 Å². The normalized spacial score (nSPS) is 55.8. The van der Waals surface area contributed by atoms with Crippen LogP contribution in [-0.2, 0) is 0 Å². The highest BCUT2D eigenvalue weighted by atomic mass is 16.3. The number of rotatable bonds is 2. The van der Waals surface area contributed by atoms with Crippen molar-refractivity contribution in [2.24, 2.45) is 40.9 Å². The monoisotopic (exact) mass is 320 g/mol. The quantitative estimate of drug-likeness (QED) is 0.792. The summed E-state index contributed by atoms with van der Waals surface area (Å²) in [5, 5.41) is 19.9. The zero-order valence-electron chi connectivity index (χ0n) is 15.1. The molecule has 0 aromatic heterocycles. The second-order valence-corrected chi connectivity index (χ2v) is 10.0. The number of hydrogen-bond donors (Lipinski definition) is 2. The standard InChI is InChI=1S/C21H36O2/c1-20(23)10-7-16-14(13-20)3-5-18-17(16)8-11-21(2)15(9-12-22)4-6-19(18)21/h14-19,22-23H,3-13H2,1-2H3/t14-,15-,16+,17-,18-,19+,20-,21-/m1/s1. The van der Waals surface area contributed by atoms with Crippen LogP contribution in [0.15, 0.2) is 0 Å². The Labute approximate surface area is 142 Å². The Morgan fingerprint density at radius 1 is 0.870 bits per heavy atom. The molecule has 23 heavy (non-hydrogen) atoms. The Hall–Kier alpha value is -0.0800. The Morgan fingerprint density at radius 3 is 2.43 bits per heavy atom. The van der Waals surface area contributed by atoms with E-state index in [0.717, 1.165) is 54.8 Å². The molecule has 0 radical (unpaired) electrons. The molecule has 0 heterocycles. The van der Waals surface area contributed by atoms with Gasteiger partial charge in [-0.3, -0.25) is 0 Å². The van der Waals surface area contributed by atoms with Crippen molar-refractivity contribution in [2.45, 2.75) is 83.7 Å². The van der Waals surface area contributed by atoms with Gasteiger partial charge in [0.2, 0.25) is 0 Å². The lowest BCUT2D eigenvalue weighted by Crippen LogP contribution is -2.50. The molecule has 2 N–H and O–H groups in total. The highest BCUT2D eigenvalue weighted by Crippen LogP contribution is 2.65. The molecular formula is C21H36O2. The van der Waals surface area contributed by atoms with Crippen LogP contribution in [-0.4, -0.2) is 22.4 Å². The van der Waals surface area contributed by atoms with Gasteiger partial charge in [0.25, 0.3) is 0 Å². The summed E-state index contributed by atoms with van der Waals surface area (Å²) in [5.41, 5.74) is 0.119. The molecule has 0 unspecified atom stereocenters. The van der Waals surface area contributed by atoms with Crippen LogP contribution in [0.5, 0.6) is 0 Å². The minimum absolute atomic E-state index is 0.376. The molecule has 132 valence electrons. The van der Waals surface area contributed by atoms with E-state index in [2.05, 4.69) is 13.8 Å². The van der Waals surface area contributed by atoms with Gasteiger partial charge in [0, 0.05) is 6.61 Å². The van der Waals surface area contributed by atoms with E-state index in [1.54, 1.807) is 0 Å². The minimum Gasteiger partial charge on any atom is -0.396 e. The number of aliphatic hydroxyl groups is 2. The van der Waals surface area contributed by atoms with Gasteiger partial charge in [-0.05, 0) is 112 Å². The van der Waals surface area contributed by atoms with Gasteiger partial charge in [-0.25, -0.2) is 0 Å². The topological polar surface area (TPSA) is 40.5 Å². The van der Waals surface area contributed by atoms with Crippen molar-refractivity contribution in [2.75, 3.05) is 6.61 Å². The zero-order chi connectivity index (χ0) is 16.2. The molecule has 2 nitrogen and oxygen atoms in total. The average Bonchev–Trinajstić information content (AvgIpc) is 2.83. The molecule has 0 aromatic carbocycles. The van der Waals surface area contributed by atoms with Crippen molar-refractivity contribution in [1.82, 2.24) is 0 Å². The van der Waals surface area contributed by atoms with Crippen LogP contribution in [0.4, 0.5) is 0 Å². The summed E-state index contributed by atoms with van der Waals surface area (Å²) < 4.78 is 0. The summed E-state index contributed by atoms with van der Waals surface area (Å²) in [5.74, 6) is 5.26. The van der Waals surface area contributed by atoms with Crippen LogP contribution in [0.3, 0.4) is 0 Å².